The van der Waals surface area contributed by atoms with Gasteiger partial charge in [0.1, 0.15) is 0 Å². The van der Waals surface area contributed by atoms with Crippen LogP contribution in [0.3, 0.4) is 0 Å². The Bertz CT molecular complexity index is 517. The lowest BCUT2D eigenvalue weighted by molar-refractivity contribution is -0.136. The first-order valence-electron chi connectivity index (χ1n) is 8.06. The molecule has 0 spiro atoms. The van der Waals surface area contributed by atoms with Gasteiger partial charge in [0.2, 0.25) is 5.91 Å². The van der Waals surface area contributed by atoms with Gasteiger partial charge in [-0.1, -0.05) is 30.3 Å². The minimum Gasteiger partial charge on any atom is -0.336 e. The number of rotatable bonds is 5. The molecule has 1 N–H and O–H groups in total. The molecule has 1 amide bonds. The lowest BCUT2D eigenvalue weighted by atomic mass is 9.94. The standard InChI is InChI=1S/C18H26N2O2/c1-12(2)20(13(3)4)18(22)16-10-15(11-19-16)17(21)14-8-6-5-7-9-14/h5-9,12-13,15-16,19H,10-11H2,1-4H3. The van der Waals surface area contributed by atoms with Crippen LogP contribution < -0.4 is 5.32 Å². The van der Waals surface area contributed by atoms with Crippen molar-refractivity contribution in [1.82, 2.24) is 10.2 Å². The van der Waals surface area contributed by atoms with E-state index in [1.807, 2.05) is 62.9 Å². The van der Waals surface area contributed by atoms with E-state index in [9.17, 15) is 9.59 Å². The first kappa shape index (κ1) is 16.7. The Morgan fingerprint density at radius 1 is 1.09 bits per heavy atom. The van der Waals surface area contributed by atoms with Crippen molar-refractivity contribution in [1.29, 1.82) is 0 Å². The summed E-state index contributed by atoms with van der Waals surface area (Å²) in [6.45, 7) is 8.69. The van der Waals surface area contributed by atoms with Crippen LogP contribution in [-0.2, 0) is 4.79 Å². The average molecular weight is 302 g/mol. The molecule has 2 unspecified atom stereocenters. The van der Waals surface area contributed by atoms with Crippen molar-refractivity contribution in [3.63, 3.8) is 0 Å². The smallest absolute Gasteiger partial charge is 0.240 e. The summed E-state index contributed by atoms with van der Waals surface area (Å²) in [5.41, 5.74) is 0.729. The molecular weight excluding hydrogens is 276 g/mol. The summed E-state index contributed by atoms with van der Waals surface area (Å²) in [5, 5.41) is 3.24. The van der Waals surface area contributed by atoms with E-state index in [2.05, 4.69) is 5.32 Å². The Morgan fingerprint density at radius 2 is 1.68 bits per heavy atom. The number of benzene rings is 1. The first-order chi connectivity index (χ1) is 10.4. The summed E-state index contributed by atoms with van der Waals surface area (Å²) in [4.78, 5) is 27.1. The molecule has 22 heavy (non-hydrogen) atoms. The average Bonchev–Trinajstić information content (AvgIpc) is 2.96. The van der Waals surface area contributed by atoms with Crippen LogP contribution in [0.2, 0.25) is 0 Å². The second-order valence-corrected chi connectivity index (χ2v) is 6.56. The molecule has 0 radical (unpaired) electrons. The quantitative estimate of drug-likeness (QED) is 0.850. The number of Topliss-reactive ketones (excluding diaryl/α,β-unsaturated/α-hetero) is 1. The van der Waals surface area contributed by atoms with E-state index in [-0.39, 0.29) is 35.7 Å². The van der Waals surface area contributed by atoms with Crippen molar-refractivity contribution in [2.45, 2.75) is 52.2 Å². The van der Waals surface area contributed by atoms with Crippen molar-refractivity contribution in [3.05, 3.63) is 35.9 Å². The monoisotopic (exact) mass is 302 g/mol. The fraction of sp³-hybridized carbons (Fsp3) is 0.556. The maximum absolute atomic E-state index is 12.7. The van der Waals surface area contributed by atoms with Gasteiger partial charge < -0.3 is 10.2 Å². The number of hydrogen-bond donors (Lipinski definition) is 1. The predicted molar refractivity (Wildman–Crippen MR) is 87.8 cm³/mol. The molecule has 2 atom stereocenters. The van der Waals surface area contributed by atoms with Crippen LogP contribution in [0.15, 0.2) is 30.3 Å². The number of nitrogens with zero attached hydrogens (tertiary/aromatic N) is 1. The normalized spacial score (nSPS) is 21.4. The Balaban J connectivity index is 2.03. The molecule has 4 heteroatoms. The van der Waals surface area contributed by atoms with Gasteiger partial charge in [0, 0.05) is 30.1 Å². The van der Waals surface area contributed by atoms with Crippen molar-refractivity contribution < 1.29 is 9.59 Å². The molecule has 1 aromatic rings. The highest BCUT2D eigenvalue weighted by atomic mass is 16.2. The number of carbonyl (C=O) groups is 2. The van der Waals surface area contributed by atoms with E-state index < -0.39 is 0 Å². The molecule has 120 valence electrons. The second kappa shape index (κ2) is 7.05. The second-order valence-electron chi connectivity index (χ2n) is 6.56. The fourth-order valence-electron chi connectivity index (χ4n) is 3.25. The van der Waals surface area contributed by atoms with E-state index >= 15 is 0 Å². The zero-order valence-electron chi connectivity index (χ0n) is 13.9. The molecule has 2 rings (SSSR count). The van der Waals surface area contributed by atoms with Crippen LogP contribution in [-0.4, -0.2) is 41.3 Å². The number of ketones is 1. The highest BCUT2D eigenvalue weighted by Crippen LogP contribution is 2.22. The predicted octanol–water partition coefficient (Wildman–Crippen LogP) is 2.49. The third-order valence-electron chi connectivity index (χ3n) is 4.23. The van der Waals surface area contributed by atoms with Crippen LogP contribution in [0, 0.1) is 5.92 Å². The van der Waals surface area contributed by atoms with E-state index in [1.54, 1.807) is 0 Å². The van der Waals surface area contributed by atoms with Gasteiger partial charge in [-0.25, -0.2) is 0 Å². The van der Waals surface area contributed by atoms with E-state index in [0.29, 0.717) is 13.0 Å². The Labute approximate surface area is 132 Å². The number of hydrogen-bond acceptors (Lipinski definition) is 3. The molecule has 1 fully saturated rings. The molecule has 0 bridgehead atoms. The lowest BCUT2D eigenvalue weighted by Gasteiger charge is -2.33. The molecule has 1 aromatic carbocycles. The van der Waals surface area contributed by atoms with Crippen molar-refractivity contribution >= 4 is 11.7 Å². The third-order valence-corrected chi connectivity index (χ3v) is 4.23. The lowest BCUT2D eigenvalue weighted by Crippen LogP contribution is -2.49. The molecule has 1 saturated heterocycles. The van der Waals surface area contributed by atoms with E-state index in [4.69, 9.17) is 0 Å². The van der Waals surface area contributed by atoms with Crippen molar-refractivity contribution in [2.75, 3.05) is 6.54 Å². The van der Waals surface area contributed by atoms with Gasteiger partial charge in [-0.2, -0.15) is 0 Å². The van der Waals surface area contributed by atoms with Gasteiger partial charge >= 0.3 is 0 Å². The van der Waals surface area contributed by atoms with Gasteiger partial charge in [0.25, 0.3) is 0 Å². The number of amides is 1. The topological polar surface area (TPSA) is 49.4 Å². The van der Waals surface area contributed by atoms with E-state index in [0.717, 1.165) is 5.56 Å². The van der Waals surface area contributed by atoms with Crippen LogP contribution in [0.4, 0.5) is 0 Å². The molecule has 0 aromatic heterocycles. The molecular formula is C18H26N2O2. The SMILES string of the molecule is CC(C)N(C(=O)C1CC(C(=O)c2ccccc2)CN1)C(C)C. The largest absolute Gasteiger partial charge is 0.336 e. The fourth-order valence-corrected chi connectivity index (χ4v) is 3.25. The van der Waals surface area contributed by atoms with Crippen LogP contribution in [0.5, 0.6) is 0 Å². The van der Waals surface area contributed by atoms with Crippen LogP contribution >= 0.6 is 0 Å². The zero-order valence-corrected chi connectivity index (χ0v) is 13.9. The summed E-state index contributed by atoms with van der Waals surface area (Å²) in [6, 6.07) is 9.41. The molecule has 1 heterocycles. The van der Waals surface area contributed by atoms with Crippen molar-refractivity contribution in [2.24, 2.45) is 5.92 Å². The Hall–Kier alpha value is -1.68. The summed E-state index contributed by atoms with van der Waals surface area (Å²) >= 11 is 0. The maximum atomic E-state index is 12.7. The summed E-state index contributed by atoms with van der Waals surface area (Å²) < 4.78 is 0. The van der Waals surface area contributed by atoms with Crippen LogP contribution in [0.25, 0.3) is 0 Å². The summed E-state index contributed by atoms with van der Waals surface area (Å²) in [7, 11) is 0. The van der Waals surface area contributed by atoms with Gasteiger partial charge in [-0.3, -0.25) is 9.59 Å². The van der Waals surface area contributed by atoms with Gasteiger partial charge in [0.15, 0.2) is 5.78 Å². The molecule has 1 aliphatic rings. The molecule has 1 aliphatic heterocycles. The molecule has 4 nitrogen and oxygen atoms in total. The van der Waals surface area contributed by atoms with Crippen LogP contribution in [0.1, 0.15) is 44.5 Å². The van der Waals surface area contributed by atoms with Gasteiger partial charge in [-0.15, -0.1) is 0 Å². The number of nitrogens with one attached hydrogen (secondary N) is 1. The van der Waals surface area contributed by atoms with Crippen molar-refractivity contribution in [3.8, 4) is 0 Å². The maximum Gasteiger partial charge on any atom is 0.240 e. The zero-order chi connectivity index (χ0) is 16.3. The molecule has 0 aliphatic carbocycles. The highest BCUT2D eigenvalue weighted by molar-refractivity contribution is 5.99. The van der Waals surface area contributed by atoms with E-state index in [1.165, 1.54) is 0 Å². The Kier molecular flexibility index (Phi) is 5.35. The summed E-state index contributed by atoms with van der Waals surface area (Å²) in [6.07, 6.45) is 0.586. The van der Waals surface area contributed by atoms with Gasteiger partial charge in [-0.05, 0) is 34.1 Å². The number of carbonyl (C=O) groups excluding carboxylic acids is 2. The van der Waals surface area contributed by atoms with Gasteiger partial charge in [0.05, 0.1) is 6.04 Å². The third kappa shape index (κ3) is 3.55. The summed E-state index contributed by atoms with van der Waals surface area (Å²) in [5.74, 6) is 0.120. The Morgan fingerprint density at radius 3 is 2.23 bits per heavy atom. The first-order valence-corrected chi connectivity index (χ1v) is 8.06. The molecule has 0 saturated carbocycles. The highest BCUT2D eigenvalue weighted by Gasteiger charge is 2.37. The minimum atomic E-state index is -0.248. The minimum absolute atomic E-state index is 0.105.